The predicted molar refractivity (Wildman–Crippen MR) is 83.5 cm³/mol. The minimum Gasteiger partial charge on any atom is -0.397 e. The molecule has 0 atom stereocenters. The average Bonchev–Trinajstić information content (AvgIpc) is 2.71. The molecule has 0 aliphatic rings. The molecule has 4 nitrogen and oxygen atoms in total. The lowest BCUT2D eigenvalue weighted by molar-refractivity contribution is 1.09. The molecule has 0 spiro atoms. The molecular formula is C16H18N4. The van der Waals surface area contributed by atoms with E-state index in [9.17, 15) is 0 Å². The number of rotatable bonds is 2. The summed E-state index contributed by atoms with van der Waals surface area (Å²) in [6.45, 7) is 6.14. The number of nitrogens with zero attached hydrogens (tertiary/aromatic N) is 2. The summed E-state index contributed by atoms with van der Waals surface area (Å²) >= 11 is 0. The largest absolute Gasteiger partial charge is 0.397 e. The molecule has 0 fully saturated rings. The quantitative estimate of drug-likeness (QED) is 0.697. The molecule has 1 aromatic carbocycles. The first-order chi connectivity index (χ1) is 9.58. The summed E-state index contributed by atoms with van der Waals surface area (Å²) in [7, 11) is 0. The Morgan fingerprint density at radius 1 is 1.10 bits per heavy atom. The van der Waals surface area contributed by atoms with Crippen molar-refractivity contribution in [2.24, 2.45) is 0 Å². The number of aromatic nitrogens is 2. The van der Waals surface area contributed by atoms with Crippen molar-refractivity contribution in [1.29, 1.82) is 0 Å². The smallest absolute Gasteiger partial charge is 0.161 e. The number of benzene rings is 1. The van der Waals surface area contributed by atoms with Crippen molar-refractivity contribution in [1.82, 2.24) is 9.38 Å². The predicted octanol–water partition coefficient (Wildman–Crippen LogP) is 3.59. The van der Waals surface area contributed by atoms with Gasteiger partial charge in [-0.05, 0) is 44.5 Å². The lowest BCUT2D eigenvalue weighted by Crippen LogP contribution is -2.00. The van der Waals surface area contributed by atoms with E-state index in [4.69, 9.17) is 5.73 Å². The maximum atomic E-state index is 6.06. The Morgan fingerprint density at radius 2 is 1.90 bits per heavy atom. The number of hydrogen-bond donors (Lipinski definition) is 2. The summed E-state index contributed by atoms with van der Waals surface area (Å²) < 4.78 is 2.09. The van der Waals surface area contributed by atoms with Gasteiger partial charge in [-0.2, -0.15) is 0 Å². The van der Waals surface area contributed by atoms with Gasteiger partial charge in [0, 0.05) is 11.9 Å². The standard InChI is InChI=1S/C16H18N4/c1-10-6-4-7-13(17)15(10)19-14-8-5-9-20-12(3)11(2)18-16(14)20/h4-9,19H,17H2,1-3H3. The van der Waals surface area contributed by atoms with Crippen molar-refractivity contribution < 1.29 is 0 Å². The SMILES string of the molecule is Cc1cccc(N)c1Nc1cccn2c(C)c(C)nc12. The molecule has 3 aromatic rings. The maximum absolute atomic E-state index is 6.06. The Kier molecular flexibility index (Phi) is 2.86. The third-order valence-corrected chi connectivity index (χ3v) is 3.69. The number of anilines is 3. The number of para-hydroxylation sites is 1. The van der Waals surface area contributed by atoms with Crippen molar-refractivity contribution >= 4 is 22.7 Å². The van der Waals surface area contributed by atoms with Crippen LogP contribution in [0.25, 0.3) is 5.65 Å². The summed E-state index contributed by atoms with van der Waals surface area (Å²) in [5, 5.41) is 3.42. The summed E-state index contributed by atoms with van der Waals surface area (Å²) in [6, 6.07) is 9.93. The molecule has 0 radical (unpaired) electrons. The Hall–Kier alpha value is -2.49. The van der Waals surface area contributed by atoms with Crippen molar-refractivity contribution in [3.8, 4) is 0 Å². The summed E-state index contributed by atoms with van der Waals surface area (Å²) in [4.78, 5) is 4.63. The number of imidazole rings is 1. The fourth-order valence-corrected chi connectivity index (χ4v) is 2.39. The summed E-state index contributed by atoms with van der Waals surface area (Å²) in [5.74, 6) is 0. The number of nitrogens with one attached hydrogen (secondary N) is 1. The zero-order valence-corrected chi connectivity index (χ0v) is 11.9. The minimum absolute atomic E-state index is 0.743. The molecule has 102 valence electrons. The van der Waals surface area contributed by atoms with Crippen LogP contribution in [0.15, 0.2) is 36.5 Å². The van der Waals surface area contributed by atoms with E-state index in [0.717, 1.165) is 39.7 Å². The number of fused-ring (bicyclic) bond motifs is 1. The van der Waals surface area contributed by atoms with Gasteiger partial charge in [0.25, 0.3) is 0 Å². The van der Waals surface area contributed by atoms with E-state index in [1.54, 1.807) is 0 Å². The second-order valence-electron chi connectivity index (χ2n) is 5.06. The lowest BCUT2D eigenvalue weighted by Gasteiger charge is -2.13. The van der Waals surface area contributed by atoms with Crippen LogP contribution >= 0.6 is 0 Å². The van der Waals surface area contributed by atoms with Crippen LogP contribution in [0.4, 0.5) is 17.1 Å². The zero-order chi connectivity index (χ0) is 14.3. The van der Waals surface area contributed by atoms with Gasteiger partial charge in [0.1, 0.15) is 0 Å². The van der Waals surface area contributed by atoms with Gasteiger partial charge >= 0.3 is 0 Å². The molecule has 3 rings (SSSR count). The van der Waals surface area contributed by atoms with Gasteiger partial charge in [-0.1, -0.05) is 12.1 Å². The highest BCUT2D eigenvalue weighted by molar-refractivity contribution is 5.81. The van der Waals surface area contributed by atoms with Crippen LogP contribution in [0.2, 0.25) is 0 Å². The molecule has 0 unspecified atom stereocenters. The molecule has 0 bridgehead atoms. The van der Waals surface area contributed by atoms with E-state index >= 15 is 0 Å². The highest BCUT2D eigenvalue weighted by Gasteiger charge is 2.10. The molecule has 20 heavy (non-hydrogen) atoms. The van der Waals surface area contributed by atoms with Crippen molar-refractivity contribution in [3.63, 3.8) is 0 Å². The Labute approximate surface area is 118 Å². The van der Waals surface area contributed by atoms with E-state index in [-0.39, 0.29) is 0 Å². The molecule has 0 saturated heterocycles. The van der Waals surface area contributed by atoms with Gasteiger partial charge in [-0.15, -0.1) is 0 Å². The van der Waals surface area contributed by atoms with Gasteiger partial charge in [-0.25, -0.2) is 4.98 Å². The molecule has 0 saturated carbocycles. The van der Waals surface area contributed by atoms with E-state index in [2.05, 4.69) is 21.6 Å². The molecule has 2 heterocycles. The van der Waals surface area contributed by atoms with Gasteiger partial charge in [-0.3, -0.25) is 0 Å². The van der Waals surface area contributed by atoms with Crippen LogP contribution < -0.4 is 11.1 Å². The van der Waals surface area contributed by atoms with Crippen molar-refractivity contribution in [2.45, 2.75) is 20.8 Å². The summed E-state index contributed by atoms with van der Waals surface area (Å²) in [5.41, 5.74) is 12.9. The van der Waals surface area contributed by atoms with Crippen LogP contribution in [0, 0.1) is 20.8 Å². The fourth-order valence-electron chi connectivity index (χ4n) is 2.39. The average molecular weight is 266 g/mol. The van der Waals surface area contributed by atoms with Gasteiger partial charge in [0.15, 0.2) is 5.65 Å². The normalized spacial score (nSPS) is 10.9. The molecule has 2 aromatic heterocycles. The fraction of sp³-hybridized carbons (Fsp3) is 0.188. The van der Waals surface area contributed by atoms with Crippen molar-refractivity contribution in [2.75, 3.05) is 11.1 Å². The molecular weight excluding hydrogens is 248 g/mol. The van der Waals surface area contributed by atoms with Gasteiger partial charge in [0.2, 0.25) is 0 Å². The van der Waals surface area contributed by atoms with E-state index in [1.165, 1.54) is 0 Å². The molecule has 0 aliphatic heterocycles. The third-order valence-electron chi connectivity index (χ3n) is 3.69. The number of nitrogens with two attached hydrogens (primary N) is 1. The highest BCUT2D eigenvalue weighted by Crippen LogP contribution is 2.29. The van der Waals surface area contributed by atoms with Gasteiger partial charge < -0.3 is 15.5 Å². The van der Waals surface area contributed by atoms with Crippen LogP contribution in [0.5, 0.6) is 0 Å². The number of nitrogen functional groups attached to an aromatic ring is 1. The molecule has 3 N–H and O–H groups in total. The highest BCUT2D eigenvalue weighted by atomic mass is 15.1. The van der Waals surface area contributed by atoms with Crippen LogP contribution in [-0.4, -0.2) is 9.38 Å². The summed E-state index contributed by atoms with van der Waals surface area (Å²) in [6.07, 6.45) is 2.02. The molecule has 4 heteroatoms. The van der Waals surface area contributed by atoms with E-state index in [1.807, 2.05) is 50.4 Å². The minimum atomic E-state index is 0.743. The van der Waals surface area contributed by atoms with E-state index < -0.39 is 0 Å². The first kappa shape index (κ1) is 12.5. The second-order valence-corrected chi connectivity index (χ2v) is 5.06. The van der Waals surface area contributed by atoms with Crippen molar-refractivity contribution in [3.05, 3.63) is 53.5 Å². The van der Waals surface area contributed by atoms with Crippen LogP contribution in [-0.2, 0) is 0 Å². The molecule has 0 aliphatic carbocycles. The van der Waals surface area contributed by atoms with E-state index in [0.29, 0.717) is 0 Å². The Balaban J connectivity index is 2.14. The van der Waals surface area contributed by atoms with Gasteiger partial charge in [0.05, 0.1) is 22.8 Å². The molecule has 0 amide bonds. The number of aryl methyl sites for hydroxylation is 3. The zero-order valence-electron chi connectivity index (χ0n) is 11.9. The Bertz CT molecular complexity index is 766. The number of pyridine rings is 1. The Morgan fingerprint density at radius 3 is 2.65 bits per heavy atom. The van der Waals surface area contributed by atoms with Crippen LogP contribution in [0.1, 0.15) is 17.0 Å². The maximum Gasteiger partial charge on any atom is 0.161 e. The lowest BCUT2D eigenvalue weighted by atomic mass is 10.1. The topological polar surface area (TPSA) is 55.3 Å². The van der Waals surface area contributed by atoms with Crippen LogP contribution in [0.3, 0.4) is 0 Å². The number of hydrogen-bond acceptors (Lipinski definition) is 3. The third kappa shape index (κ3) is 1.90. The first-order valence-electron chi connectivity index (χ1n) is 6.64. The first-order valence-corrected chi connectivity index (χ1v) is 6.64. The monoisotopic (exact) mass is 266 g/mol. The second kappa shape index (κ2) is 4.56.